The molecule has 1 N–H and O–H groups in total. The Balaban J connectivity index is 1.42. The minimum absolute atomic E-state index is 0.0395. The third-order valence-electron chi connectivity index (χ3n) is 5.75. The lowest BCUT2D eigenvalue weighted by atomic mass is 10.1. The van der Waals surface area contributed by atoms with E-state index in [4.69, 9.17) is 9.47 Å². The van der Waals surface area contributed by atoms with E-state index in [-0.39, 0.29) is 23.5 Å². The molecular weight excluding hydrogens is 532 g/mol. The van der Waals surface area contributed by atoms with Crippen LogP contribution in [0.3, 0.4) is 0 Å². The number of carbonyl (C=O) groups is 1. The fourth-order valence-electron chi connectivity index (χ4n) is 4.14. The zero-order valence-corrected chi connectivity index (χ0v) is 22.1. The lowest BCUT2D eigenvalue weighted by Crippen LogP contribution is -2.39. The third-order valence-corrected chi connectivity index (χ3v) is 7.62. The van der Waals surface area contributed by atoms with E-state index < -0.39 is 10.0 Å². The van der Waals surface area contributed by atoms with Gasteiger partial charge in [0.05, 0.1) is 11.5 Å². The van der Waals surface area contributed by atoms with E-state index in [0.29, 0.717) is 29.4 Å². The average molecular weight is 559 g/mol. The number of nitrogens with one attached hydrogen (secondary N) is 1. The second kappa shape index (κ2) is 10.3. The Hall–Kier alpha value is -3.04. The van der Waals surface area contributed by atoms with E-state index in [2.05, 4.69) is 20.7 Å². The molecule has 0 aliphatic carbocycles. The molecule has 0 bridgehead atoms. The van der Waals surface area contributed by atoms with Gasteiger partial charge in [0, 0.05) is 21.9 Å². The number of ether oxygens (including phenoxy) is 2. The Bertz CT molecular complexity index is 1340. The van der Waals surface area contributed by atoms with E-state index in [9.17, 15) is 13.2 Å². The Morgan fingerprint density at radius 1 is 1.09 bits per heavy atom. The number of hydrogen-bond donors (Lipinski definition) is 1. The first-order valence-electron chi connectivity index (χ1n) is 11.3. The number of sulfonamides is 1. The van der Waals surface area contributed by atoms with E-state index >= 15 is 0 Å². The van der Waals surface area contributed by atoms with Crippen molar-refractivity contribution < 1.29 is 22.7 Å². The van der Waals surface area contributed by atoms with Gasteiger partial charge in [-0.1, -0.05) is 15.9 Å². The van der Waals surface area contributed by atoms with Crippen LogP contribution >= 0.6 is 15.9 Å². The molecular formula is C26H27BrN2O5S. The van der Waals surface area contributed by atoms with Gasteiger partial charge in [0.15, 0.2) is 6.61 Å². The quantitative estimate of drug-likeness (QED) is 0.404. The standard InChI is InChI=1S/C26H27BrN2O5S/c1-4-33-22-8-6-21(7-9-22)28-35(31,32)23-10-12-25(17(2)13-23)34-16-26(30)29-18(3)14-19-15-20(27)5-11-24(19)29/h5-13,15,18,28H,4,14,16H2,1-3H3/t18-/m0/s1. The maximum Gasteiger partial charge on any atom is 0.265 e. The second-order valence-corrected chi connectivity index (χ2v) is 11.0. The number of benzene rings is 3. The number of amides is 1. The smallest absolute Gasteiger partial charge is 0.265 e. The van der Waals surface area contributed by atoms with Gasteiger partial charge >= 0.3 is 0 Å². The molecule has 0 fully saturated rings. The molecule has 0 unspecified atom stereocenters. The van der Waals surface area contributed by atoms with Crippen molar-refractivity contribution in [2.75, 3.05) is 22.8 Å². The summed E-state index contributed by atoms with van der Waals surface area (Å²) in [7, 11) is -3.79. The molecule has 1 heterocycles. The van der Waals surface area contributed by atoms with Gasteiger partial charge in [-0.2, -0.15) is 0 Å². The molecule has 9 heteroatoms. The molecule has 1 atom stereocenters. The molecule has 0 aromatic heterocycles. The van der Waals surface area contributed by atoms with Gasteiger partial charge in [0.1, 0.15) is 11.5 Å². The van der Waals surface area contributed by atoms with Gasteiger partial charge in [-0.3, -0.25) is 9.52 Å². The Morgan fingerprint density at radius 2 is 1.83 bits per heavy atom. The predicted octanol–water partition coefficient (Wildman–Crippen LogP) is 5.31. The highest BCUT2D eigenvalue weighted by Gasteiger charge is 2.31. The number of nitrogens with zero attached hydrogens (tertiary/aromatic N) is 1. The second-order valence-electron chi connectivity index (χ2n) is 8.37. The number of rotatable bonds is 8. The normalized spacial score (nSPS) is 15.0. The molecule has 35 heavy (non-hydrogen) atoms. The molecule has 1 aliphatic rings. The van der Waals surface area contributed by atoms with Crippen molar-refractivity contribution in [2.24, 2.45) is 0 Å². The molecule has 184 valence electrons. The zero-order chi connectivity index (χ0) is 25.2. The predicted molar refractivity (Wildman–Crippen MR) is 140 cm³/mol. The van der Waals surface area contributed by atoms with Crippen LogP contribution in [-0.2, 0) is 21.2 Å². The molecule has 0 spiro atoms. The molecule has 7 nitrogen and oxygen atoms in total. The van der Waals surface area contributed by atoms with E-state index in [1.165, 1.54) is 12.1 Å². The van der Waals surface area contributed by atoms with Gasteiger partial charge in [-0.25, -0.2) is 8.42 Å². The first-order valence-corrected chi connectivity index (χ1v) is 13.5. The van der Waals surface area contributed by atoms with E-state index in [1.807, 2.05) is 32.0 Å². The molecule has 0 saturated carbocycles. The van der Waals surface area contributed by atoms with Crippen LogP contribution in [0, 0.1) is 6.92 Å². The topological polar surface area (TPSA) is 84.9 Å². The van der Waals surface area contributed by atoms with Crippen LogP contribution in [-0.4, -0.2) is 33.6 Å². The van der Waals surface area contributed by atoms with Crippen LogP contribution in [0.25, 0.3) is 0 Å². The van der Waals surface area contributed by atoms with Crippen molar-refractivity contribution in [1.82, 2.24) is 0 Å². The van der Waals surface area contributed by atoms with Crippen LogP contribution in [0.4, 0.5) is 11.4 Å². The SMILES string of the molecule is CCOc1ccc(NS(=O)(=O)c2ccc(OCC(=O)N3c4ccc(Br)cc4C[C@@H]3C)c(C)c2)cc1. The number of hydrogen-bond acceptors (Lipinski definition) is 5. The average Bonchev–Trinajstić information content (AvgIpc) is 3.14. The molecule has 3 aromatic rings. The zero-order valence-electron chi connectivity index (χ0n) is 19.7. The molecule has 1 aliphatic heterocycles. The highest BCUT2D eigenvalue weighted by atomic mass is 79.9. The Kier molecular flexibility index (Phi) is 7.37. The van der Waals surface area contributed by atoms with Crippen LogP contribution in [0.15, 0.2) is 70.0 Å². The summed E-state index contributed by atoms with van der Waals surface area (Å²) >= 11 is 3.48. The van der Waals surface area contributed by atoms with Gasteiger partial charge < -0.3 is 14.4 Å². The van der Waals surface area contributed by atoms with Crippen molar-refractivity contribution in [3.05, 3.63) is 76.3 Å². The van der Waals surface area contributed by atoms with E-state index in [1.54, 1.807) is 42.2 Å². The van der Waals surface area contributed by atoms with Crippen LogP contribution in [0.1, 0.15) is 25.0 Å². The Morgan fingerprint density at radius 3 is 2.51 bits per heavy atom. The number of carbonyl (C=O) groups excluding carboxylic acids is 1. The monoisotopic (exact) mass is 558 g/mol. The number of halogens is 1. The maximum absolute atomic E-state index is 13.0. The summed E-state index contributed by atoms with van der Waals surface area (Å²) in [5.74, 6) is 0.982. The largest absolute Gasteiger partial charge is 0.494 e. The Labute approximate surface area is 214 Å². The summed E-state index contributed by atoms with van der Waals surface area (Å²) < 4.78 is 40.4. The van der Waals surface area contributed by atoms with Crippen molar-refractivity contribution in [1.29, 1.82) is 0 Å². The van der Waals surface area contributed by atoms with Crippen LogP contribution < -0.4 is 19.1 Å². The minimum Gasteiger partial charge on any atom is -0.494 e. The summed E-state index contributed by atoms with van der Waals surface area (Å²) in [6, 6.07) is 17.2. The van der Waals surface area contributed by atoms with Crippen LogP contribution in [0.2, 0.25) is 0 Å². The lowest BCUT2D eigenvalue weighted by molar-refractivity contribution is -0.120. The minimum atomic E-state index is -3.79. The van der Waals surface area contributed by atoms with Gasteiger partial charge in [0.2, 0.25) is 0 Å². The summed E-state index contributed by atoms with van der Waals surface area (Å²) in [5, 5.41) is 0. The van der Waals surface area contributed by atoms with Gasteiger partial charge in [-0.15, -0.1) is 0 Å². The molecule has 0 saturated heterocycles. The molecule has 1 amide bonds. The first-order chi connectivity index (χ1) is 16.7. The number of anilines is 2. The summed E-state index contributed by atoms with van der Waals surface area (Å²) in [6.45, 7) is 6.03. The molecule has 4 rings (SSSR count). The van der Waals surface area contributed by atoms with Gasteiger partial charge in [-0.05, 0) is 99.0 Å². The fourth-order valence-corrected chi connectivity index (χ4v) is 5.69. The van der Waals surface area contributed by atoms with Crippen LogP contribution in [0.5, 0.6) is 11.5 Å². The van der Waals surface area contributed by atoms with Crippen molar-refractivity contribution in [2.45, 2.75) is 38.1 Å². The van der Waals surface area contributed by atoms with Crippen molar-refractivity contribution in [3.63, 3.8) is 0 Å². The van der Waals surface area contributed by atoms with Crippen molar-refractivity contribution >= 4 is 43.2 Å². The summed E-state index contributed by atoms with van der Waals surface area (Å²) in [6.07, 6.45) is 0.785. The van der Waals surface area contributed by atoms with E-state index in [0.717, 1.165) is 22.1 Å². The lowest BCUT2D eigenvalue weighted by Gasteiger charge is -2.23. The maximum atomic E-state index is 13.0. The number of fused-ring (bicyclic) bond motifs is 1. The number of aryl methyl sites for hydroxylation is 1. The molecule has 0 radical (unpaired) electrons. The summed E-state index contributed by atoms with van der Waals surface area (Å²) in [4.78, 5) is 14.8. The first kappa shape index (κ1) is 25.1. The molecule has 3 aromatic carbocycles. The highest BCUT2D eigenvalue weighted by molar-refractivity contribution is 9.10. The summed E-state index contributed by atoms with van der Waals surface area (Å²) in [5.41, 5.74) is 3.06. The highest BCUT2D eigenvalue weighted by Crippen LogP contribution is 2.34. The van der Waals surface area contributed by atoms with Crippen molar-refractivity contribution in [3.8, 4) is 11.5 Å². The fraction of sp³-hybridized carbons (Fsp3) is 0.269. The van der Waals surface area contributed by atoms with Gasteiger partial charge in [0.25, 0.3) is 15.9 Å². The third kappa shape index (κ3) is 5.62.